The van der Waals surface area contributed by atoms with Crippen LogP contribution < -0.4 is 5.32 Å². The van der Waals surface area contributed by atoms with Gasteiger partial charge in [0.25, 0.3) is 5.91 Å². The van der Waals surface area contributed by atoms with Crippen LogP contribution in [0.3, 0.4) is 0 Å². The molecule has 1 aliphatic rings. The number of hydrogen-bond acceptors (Lipinski definition) is 3. The number of hydrogen-bond donors (Lipinski definition) is 2. The average Bonchev–Trinajstić information content (AvgIpc) is 3.02. The topological polar surface area (TPSA) is 52.6 Å². The summed E-state index contributed by atoms with van der Waals surface area (Å²) in [7, 11) is 3.23. The Balaban J connectivity index is 2.16. The zero-order valence-electron chi connectivity index (χ0n) is 13.9. The summed E-state index contributed by atoms with van der Waals surface area (Å²) in [6, 6.07) is 9.55. The highest BCUT2D eigenvalue weighted by atomic mass is 19.1. The summed E-state index contributed by atoms with van der Waals surface area (Å²) in [6.45, 7) is 0.190. The van der Waals surface area contributed by atoms with Crippen molar-refractivity contribution >= 4 is 11.5 Å². The molecular weight excluding hydrogens is 326 g/mol. The minimum Gasteiger partial charge on any atom is -0.508 e. The molecule has 0 aliphatic carbocycles. The highest BCUT2D eigenvalue weighted by Crippen LogP contribution is 2.36. The van der Waals surface area contributed by atoms with E-state index in [1.54, 1.807) is 32.3 Å². The number of halogens is 2. The largest absolute Gasteiger partial charge is 0.508 e. The van der Waals surface area contributed by atoms with Gasteiger partial charge in [0, 0.05) is 26.2 Å². The molecule has 3 rings (SSSR count). The molecule has 6 heteroatoms. The van der Waals surface area contributed by atoms with E-state index in [-0.39, 0.29) is 23.8 Å². The molecule has 0 fully saturated rings. The quantitative estimate of drug-likeness (QED) is 0.900. The standard InChI is InChI=1S/C19H18F2N2O2/c1-23(2)18(25)19(13-4-3-5-15(24)8-13)10-12(11-22-19)16-9-14(20)6-7-17(16)21/h3-10,22,24H,11H2,1-2H3/t19-/m0/s1. The maximum atomic E-state index is 14.1. The lowest BCUT2D eigenvalue weighted by molar-refractivity contribution is -0.133. The maximum Gasteiger partial charge on any atom is 0.251 e. The lowest BCUT2D eigenvalue weighted by Crippen LogP contribution is -2.50. The van der Waals surface area contributed by atoms with Crippen molar-refractivity contribution < 1.29 is 18.7 Å². The maximum absolute atomic E-state index is 14.1. The molecule has 1 amide bonds. The predicted molar refractivity (Wildman–Crippen MR) is 90.8 cm³/mol. The molecule has 1 heterocycles. The zero-order valence-corrected chi connectivity index (χ0v) is 13.9. The number of phenols is 1. The van der Waals surface area contributed by atoms with E-state index in [2.05, 4.69) is 5.32 Å². The second-order valence-electron chi connectivity index (χ2n) is 6.21. The molecule has 2 aromatic rings. The van der Waals surface area contributed by atoms with Crippen molar-refractivity contribution in [3.8, 4) is 5.75 Å². The SMILES string of the molecule is CN(C)C(=O)[C@@]1(c2cccc(O)c2)C=C(c2cc(F)ccc2F)CN1. The number of aromatic hydroxyl groups is 1. The minimum atomic E-state index is -1.25. The van der Waals surface area contributed by atoms with Crippen LogP contribution in [-0.4, -0.2) is 36.6 Å². The van der Waals surface area contributed by atoms with E-state index < -0.39 is 17.2 Å². The van der Waals surface area contributed by atoms with Crippen LogP contribution in [0, 0.1) is 11.6 Å². The van der Waals surface area contributed by atoms with E-state index in [4.69, 9.17) is 0 Å². The Kier molecular flexibility index (Phi) is 4.30. The highest BCUT2D eigenvalue weighted by molar-refractivity contribution is 5.94. The third-order valence-electron chi connectivity index (χ3n) is 4.27. The van der Waals surface area contributed by atoms with E-state index in [1.165, 1.54) is 17.0 Å². The van der Waals surface area contributed by atoms with Gasteiger partial charge in [0.05, 0.1) is 0 Å². The predicted octanol–water partition coefficient (Wildman–Crippen LogP) is 2.64. The van der Waals surface area contributed by atoms with Crippen molar-refractivity contribution in [2.24, 2.45) is 0 Å². The van der Waals surface area contributed by atoms with Gasteiger partial charge in [-0.3, -0.25) is 10.1 Å². The van der Waals surface area contributed by atoms with Crippen molar-refractivity contribution in [2.75, 3.05) is 20.6 Å². The van der Waals surface area contributed by atoms with Gasteiger partial charge in [-0.1, -0.05) is 12.1 Å². The summed E-state index contributed by atoms with van der Waals surface area (Å²) >= 11 is 0. The van der Waals surface area contributed by atoms with Gasteiger partial charge in [0.1, 0.15) is 22.9 Å². The number of rotatable bonds is 3. The number of carbonyl (C=O) groups is 1. The number of phenolic OH excluding ortho intramolecular Hbond substituents is 1. The summed E-state index contributed by atoms with van der Waals surface area (Å²) < 4.78 is 27.7. The van der Waals surface area contributed by atoms with Crippen molar-refractivity contribution in [1.82, 2.24) is 10.2 Å². The number of nitrogens with one attached hydrogen (secondary N) is 1. The van der Waals surface area contributed by atoms with Crippen LogP contribution in [0.5, 0.6) is 5.75 Å². The van der Waals surface area contributed by atoms with Crippen LogP contribution in [0.25, 0.3) is 5.57 Å². The van der Waals surface area contributed by atoms with Crippen LogP contribution in [0.15, 0.2) is 48.5 Å². The van der Waals surface area contributed by atoms with Crippen LogP contribution in [0.4, 0.5) is 8.78 Å². The molecule has 0 radical (unpaired) electrons. The molecule has 130 valence electrons. The summed E-state index contributed by atoms with van der Waals surface area (Å²) in [5.41, 5.74) is -0.134. The number of carbonyl (C=O) groups excluding carboxylic acids is 1. The first-order valence-corrected chi connectivity index (χ1v) is 7.77. The summed E-state index contributed by atoms with van der Waals surface area (Å²) in [5, 5.41) is 12.9. The summed E-state index contributed by atoms with van der Waals surface area (Å²) in [6.07, 6.45) is 1.60. The molecule has 0 spiro atoms. The van der Waals surface area contributed by atoms with Gasteiger partial charge in [-0.2, -0.15) is 0 Å². The normalized spacial score (nSPS) is 19.6. The number of benzene rings is 2. The van der Waals surface area contributed by atoms with Crippen molar-refractivity contribution in [3.63, 3.8) is 0 Å². The van der Waals surface area contributed by atoms with Gasteiger partial charge >= 0.3 is 0 Å². The Labute approximate surface area is 144 Å². The fraction of sp³-hybridized carbons (Fsp3) is 0.211. The Bertz CT molecular complexity index is 864. The average molecular weight is 344 g/mol. The monoisotopic (exact) mass is 344 g/mol. The van der Waals surface area contributed by atoms with Gasteiger partial charge < -0.3 is 10.0 Å². The van der Waals surface area contributed by atoms with Crippen LogP contribution >= 0.6 is 0 Å². The molecule has 0 aromatic heterocycles. The van der Waals surface area contributed by atoms with Crippen molar-refractivity contribution in [1.29, 1.82) is 0 Å². The highest BCUT2D eigenvalue weighted by Gasteiger charge is 2.43. The zero-order chi connectivity index (χ0) is 18.2. The Morgan fingerprint density at radius 1 is 1.20 bits per heavy atom. The van der Waals surface area contributed by atoms with E-state index in [1.807, 2.05) is 0 Å². The Hall–Kier alpha value is -2.73. The molecule has 2 aromatic carbocycles. The first-order chi connectivity index (χ1) is 11.8. The minimum absolute atomic E-state index is 0.0176. The Morgan fingerprint density at radius 3 is 2.64 bits per heavy atom. The second kappa shape index (κ2) is 6.29. The molecule has 4 nitrogen and oxygen atoms in total. The van der Waals surface area contributed by atoms with Gasteiger partial charge in [-0.05, 0) is 47.5 Å². The van der Waals surface area contributed by atoms with Gasteiger partial charge in [0.2, 0.25) is 0 Å². The lowest BCUT2D eigenvalue weighted by Gasteiger charge is -2.30. The van der Waals surface area contributed by atoms with Crippen molar-refractivity contribution in [3.05, 3.63) is 71.3 Å². The molecule has 0 bridgehead atoms. The van der Waals surface area contributed by atoms with E-state index >= 15 is 0 Å². The molecule has 2 N–H and O–H groups in total. The first kappa shape index (κ1) is 17.1. The molecule has 1 aliphatic heterocycles. The van der Waals surface area contributed by atoms with Crippen LogP contribution in [0.1, 0.15) is 11.1 Å². The van der Waals surface area contributed by atoms with Crippen LogP contribution in [-0.2, 0) is 10.3 Å². The van der Waals surface area contributed by atoms with Gasteiger partial charge in [-0.15, -0.1) is 0 Å². The van der Waals surface area contributed by atoms with Crippen molar-refractivity contribution in [2.45, 2.75) is 5.54 Å². The molecule has 0 saturated heterocycles. The fourth-order valence-electron chi connectivity index (χ4n) is 3.06. The van der Waals surface area contributed by atoms with Gasteiger partial charge in [0.15, 0.2) is 0 Å². The van der Waals surface area contributed by atoms with E-state index in [0.29, 0.717) is 11.1 Å². The molecule has 1 atom stereocenters. The van der Waals surface area contributed by atoms with Crippen LogP contribution in [0.2, 0.25) is 0 Å². The molecule has 25 heavy (non-hydrogen) atoms. The molecular formula is C19H18F2N2O2. The number of nitrogens with zero attached hydrogens (tertiary/aromatic N) is 1. The Morgan fingerprint density at radius 2 is 1.96 bits per heavy atom. The number of likely N-dealkylation sites (N-methyl/N-ethyl adjacent to an activating group) is 1. The third-order valence-corrected chi connectivity index (χ3v) is 4.27. The first-order valence-electron chi connectivity index (χ1n) is 7.77. The third kappa shape index (κ3) is 3.00. The summed E-state index contributed by atoms with van der Waals surface area (Å²) in [4.78, 5) is 14.3. The molecule has 0 unspecified atom stereocenters. The lowest BCUT2D eigenvalue weighted by atomic mass is 9.88. The van der Waals surface area contributed by atoms with E-state index in [0.717, 1.165) is 18.2 Å². The van der Waals surface area contributed by atoms with E-state index in [9.17, 15) is 18.7 Å². The smallest absolute Gasteiger partial charge is 0.251 e. The summed E-state index contributed by atoms with van der Waals surface area (Å²) in [5.74, 6) is -1.36. The fourth-order valence-corrected chi connectivity index (χ4v) is 3.06. The molecule has 0 saturated carbocycles. The second-order valence-corrected chi connectivity index (χ2v) is 6.21. The van der Waals surface area contributed by atoms with Gasteiger partial charge in [-0.25, -0.2) is 8.78 Å². The number of amides is 1.